The Balaban J connectivity index is 1.87. The second-order valence-electron chi connectivity index (χ2n) is 7.30. The zero-order chi connectivity index (χ0) is 20.4. The molecule has 28 heavy (non-hydrogen) atoms. The molecule has 0 saturated carbocycles. The Labute approximate surface area is 176 Å². The zero-order valence-electron chi connectivity index (χ0n) is 16.5. The minimum Gasteiger partial charge on any atom is -0.508 e. The fraction of sp³-hybridized carbons (Fsp3) is 0.667. The highest BCUT2D eigenvalue weighted by molar-refractivity contribution is 8.18. The van der Waals surface area contributed by atoms with Crippen LogP contribution in [0.2, 0.25) is 0 Å². The van der Waals surface area contributed by atoms with Crippen LogP contribution in [0.15, 0.2) is 24.3 Å². The number of aryl methyl sites for hydroxylation is 1. The number of benzene rings is 1. The van der Waals surface area contributed by atoms with E-state index in [1.54, 1.807) is 12.1 Å². The highest BCUT2D eigenvalue weighted by atomic mass is 32.2. The van der Waals surface area contributed by atoms with E-state index in [1.807, 2.05) is 42.6 Å². The maximum atomic E-state index is 11.6. The molecule has 0 bridgehead atoms. The van der Waals surface area contributed by atoms with Gasteiger partial charge in [-0.05, 0) is 67.7 Å². The molecule has 7 heteroatoms. The molecule has 2 rings (SSSR count). The van der Waals surface area contributed by atoms with Crippen LogP contribution in [-0.2, 0) is 16.0 Å². The lowest BCUT2D eigenvalue weighted by Gasteiger charge is -2.38. The topological polar surface area (TPSA) is 87.0 Å². The summed E-state index contributed by atoms with van der Waals surface area (Å²) >= 11 is 3.79. The highest BCUT2D eigenvalue weighted by Crippen LogP contribution is 2.49. The third-order valence-corrected chi connectivity index (χ3v) is 8.20. The monoisotopic (exact) mass is 428 g/mol. The maximum Gasteiger partial charge on any atom is 0.308 e. The maximum absolute atomic E-state index is 11.6. The van der Waals surface area contributed by atoms with Crippen LogP contribution in [0.1, 0.15) is 51.0 Å². The van der Waals surface area contributed by atoms with E-state index < -0.39 is 18.2 Å². The van der Waals surface area contributed by atoms with E-state index in [4.69, 9.17) is 4.74 Å². The highest BCUT2D eigenvalue weighted by Gasteiger charge is 2.36. The first-order chi connectivity index (χ1) is 13.4. The molecule has 5 nitrogen and oxygen atoms in total. The molecule has 2 atom stereocenters. The molecule has 1 heterocycles. The number of aliphatic hydroxyl groups is 2. The van der Waals surface area contributed by atoms with E-state index in [1.165, 1.54) is 0 Å². The predicted octanol–water partition coefficient (Wildman–Crippen LogP) is 3.74. The average Bonchev–Trinajstić information content (AvgIpc) is 2.66. The minimum atomic E-state index is -0.882. The largest absolute Gasteiger partial charge is 0.508 e. The quantitative estimate of drug-likeness (QED) is 0.463. The number of hydrogen-bond acceptors (Lipinski definition) is 7. The summed E-state index contributed by atoms with van der Waals surface area (Å²) in [5.74, 6) is 1.99. The fourth-order valence-corrected chi connectivity index (χ4v) is 6.74. The van der Waals surface area contributed by atoms with E-state index >= 15 is 0 Å². The third kappa shape index (κ3) is 8.23. The van der Waals surface area contributed by atoms with Crippen molar-refractivity contribution < 1.29 is 24.9 Å². The van der Waals surface area contributed by atoms with Crippen LogP contribution < -0.4 is 0 Å². The number of thioether (sulfide) groups is 2. The first-order valence-electron chi connectivity index (χ1n) is 10.00. The van der Waals surface area contributed by atoms with E-state index in [0.29, 0.717) is 13.0 Å². The number of phenolic OH excluding ortho intramolecular Hbond substituents is 1. The molecule has 1 aromatic rings. The Morgan fingerprint density at radius 3 is 2.50 bits per heavy atom. The summed E-state index contributed by atoms with van der Waals surface area (Å²) in [6.45, 7) is 2.28. The molecule has 1 fully saturated rings. The zero-order valence-corrected chi connectivity index (χ0v) is 18.1. The molecule has 1 aliphatic rings. The van der Waals surface area contributed by atoms with Gasteiger partial charge < -0.3 is 20.1 Å². The lowest BCUT2D eigenvalue weighted by Crippen LogP contribution is -2.33. The van der Waals surface area contributed by atoms with Gasteiger partial charge in [0.1, 0.15) is 5.75 Å². The van der Waals surface area contributed by atoms with Crippen LogP contribution in [0.4, 0.5) is 0 Å². The number of aliphatic hydroxyl groups excluding tert-OH is 2. The molecule has 3 N–H and O–H groups in total. The molecule has 0 aliphatic carbocycles. The number of phenols is 1. The third-order valence-electron chi connectivity index (χ3n) is 4.71. The van der Waals surface area contributed by atoms with Gasteiger partial charge in [0.2, 0.25) is 0 Å². The number of hydrogen-bond donors (Lipinski definition) is 3. The summed E-state index contributed by atoms with van der Waals surface area (Å²) in [6, 6.07) is 7.27. The van der Waals surface area contributed by atoms with Crippen molar-refractivity contribution in [2.75, 3.05) is 18.1 Å². The van der Waals surface area contributed by atoms with Crippen molar-refractivity contribution in [3.63, 3.8) is 0 Å². The van der Waals surface area contributed by atoms with Gasteiger partial charge in [0, 0.05) is 0 Å². The van der Waals surface area contributed by atoms with Gasteiger partial charge in [-0.25, -0.2) is 0 Å². The molecule has 0 spiro atoms. The molecule has 0 radical (unpaired) electrons. The number of carbonyl (C=O) groups is 1. The summed E-state index contributed by atoms with van der Waals surface area (Å²) in [5, 5.41) is 30.2. The van der Waals surface area contributed by atoms with Crippen LogP contribution in [0, 0.1) is 0 Å². The van der Waals surface area contributed by atoms with Gasteiger partial charge in [-0.2, -0.15) is 0 Å². The summed E-state index contributed by atoms with van der Waals surface area (Å²) in [7, 11) is 0. The second-order valence-corrected chi connectivity index (χ2v) is 10.5. The van der Waals surface area contributed by atoms with Gasteiger partial charge in [0.05, 0.1) is 29.3 Å². The van der Waals surface area contributed by atoms with Crippen molar-refractivity contribution in [3.8, 4) is 5.75 Å². The molecule has 1 saturated heterocycles. The van der Waals surface area contributed by atoms with E-state index in [2.05, 4.69) is 0 Å². The number of ether oxygens (including phenoxy) is 1. The van der Waals surface area contributed by atoms with Crippen molar-refractivity contribution in [2.24, 2.45) is 0 Å². The van der Waals surface area contributed by atoms with Gasteiger partial charge in [-0.1, -0.05) is 19.1 Å². The first-order valence-corrected chi connectivity index (χ1v) is 12.0. The minimum absolute atomic E-state index is 0.0716. The van der Waals surface area contributed by atoms with Gasteiger partial charge in [0.25, 0.3) is 0 Å². The number of aromatic hydroxyl groups is 1. The van der Waals surface area contributed by atoms with Crippen molar-refractivity contribution in [1.29, 1.82) is 0 Å². The first kappa shape index (κ1) is 23.4. The van der Waals surface area contributed by atoms with Crippen molar-refractivity contribution in [2.45, 2.75) is 68.2 Å². The van der Waals surface area contributed by atoms with Crippen molar-refractivity contribution in [3.05, 3.63) is 29.8 Å². The van der Waals surface area contributed by atoms with Gasteiger partial charge in [-0.15, -0.1) is 23.5 Å². The van der Waals surface area contributed by atoms with E-state index in [9.17, 15) is 20.1 Å². The second kappa shape index (κ2) is 12.0. The van der Waals surface area contributed by atoms with Crippen LogP contribution in [0.3, 0.4) is 0 Å². The van der Waals surface area contributed by atoms with Crippen LogP contribution >= 0.6 is 23.5 Å². The fourth-order valence-electron chi connectivity index (χ4n) is 3.29. The molecular formula is C21H32O5S2. The predicted molar refractivity (Wildman–Crippen MR) is 116 cm³/mol. The van der Waals surface area contributed by atoms with Crippen molar-refractivity contribution >= 4 is 29.5 Å². The summed E-state index contributed by atoms with van der Waals surface area (Å²) in [6.07, 6.45) is 2.86. The number of rotatable bonds is 11. The summed E-state index contributed by atoms with van der Waals surface area (Å²) in [5.41, 5.74) is 1.16. The van der Waals surface area contributed by atoms with Crippen LogP contribution in [-0.4, -0.2) is 55.7 Å². The SMILES string of the molecule is CCCOC(=O)C[C@H](O)C[C@H](O)CC1(CCc2ccc(O)cc2)SCCCS1. The standard InChI is InChI=1S/C21H32O5S2/c1-2-10-26-20(25)14-18(23)13-19(24)15-21(27-11-3-12-28-21)9-8-16-4-6-17(22)7-5-16/h4-7,18-19,22-24H,2-3,8-15H2,1H3/t18-,19+/m1/s1. The van der Waals surface area contributed by atoms with Crippen LogP contribution in [0.5, 0.6) is 5.75 Å². The summed E-state index contributed by atoms with van der Waals surface area (Å²) in [4.78, 5) is 11.6. The molecule has 0 unspecified atom stereocenters. The smallest absolute Gasteiger partial charge is 0.308 e. The Bertz CT molecular complexity index is 587. The van der Waals surface area contributed by atoms with E-state index in [0.717, 1.165) is 42.8 Å². The average molecular weight is 429 g/mol. The van der Waals surface area contributed by atoms with Gasteiger partial charge in [-0.3, -0.25) is 4.79 Å². The number of esters is 1. The molecular weight excluding hydrogens is 396 g/mol. The Morgan fingerprint density at radius 1 is 1.18 bits per heavy atom. The Morgan fingerprint density at radius 2 is 1.86 bits per heavy atom. The molecule has 158 valence electrons. The molecule has 1 aliphatic heterocycles. The molecule has 1 aromatic carbocycles. The molecule has 0 aromatic heterocycles. The summed E-state index contributed by atoms with van der Waals surface area (Å²) < 4.78 is 4.92. The normalized spacial score (nSPS) is 18.4. The number of carbonyl (C=O) groups excluding carboxylic acids is 1. The molecule has 0 amide bonds. The Kier molecular flexibility index (Phi) is 9.99. The van der Waals surface area contributed by atoms with Gasteiger partial charge >= 0.3 is 5.97 Å². The van der Waals surface area contributed by atoms with E-state index in [-0.39, 0.29) is 22.7 Å². The Hall–Kier alpha value is -0.890. The lowest BCUT2D eigenvalue weighted by atomic mass is 10.0. The van der Waals surface area contributed by atoms with Gasteiger partial charge in [0.15, 0.2) is 0 Å². The lowest BCUT2D eigenvalue weighted by molar-refractivity contribution is -0.146. The van der Waals surface area contributed by atoms with Crippen molar-refractivity contribution in [1.82, 2.24) is 0 Å². The van der Waals surface area contributed by atoms with Crippen LogP contribution in [0.25, 0.3) is 0 Å².